The first-order valence-electron chi connectivity index (χ1n) is 5.95. The number of rotatable bonds is 1. The Kier molecular flexibility index (Phi) is 3.14. The number of para-hydroxylation sites is 1. The summed E-state index contributed by atoms with van der Waals surface area (Å²) in [7, 11) is 0. The average Bonchev–Trinajstić information content (AvgIpc) is 2.37. The van der Waals surface area contributed by atoms with Gasteiger partial charge in [0.25, 0.3) is 0 Å². The molecule has 0 aromatic heterocycles. The van der Waals surface area contributed by atoms with E-state index in [9.17, 15) is 4.79 Å². The van der Waals surface area contributed by atoms with Crippen LogP contribution in [-0.2, 0) is 11.2 Å². The van der Waals surface area contributed by atoms with Crippen LogP contribution in [0.1, 0.15) is 25.8 Å². The van der Waals surface area contributed by atoms with Crippen molar-refractivity contribution in [3.05, 3.63) is 29.8 Å². The first-order chi connectivity index (χ1) is 8.15. The molecule has 1 aliphatic rings. The molecule has 0 aliphatic carbocycles. The van der Waals surface area contributed by atoms with Crippen LogP contribution in [0.3, 0.4) is 0 Å². The molecule has 2 rings (SSSR count). The van der Waals surface area contributed by atoms with E-state index in [1.807, 2.05) is 31.2 Å². The molecular formula is C14H16N2O. The van der Waals surface area contributed by atoms with E-state index in [-0.39, 0.29) is 11.9 Å². The third-order valence-corrected chi connectivity index (χ3v) is 3.32. The summed E-state index contributed by atoms with van der Waals surface area (Å²) >= 11 is 0. The number of anilines is 1. The van der Waals surface area contributed by atoms with Gasteiger partial charge in [-0.1, -0.05) is 18.2 Å². The third-order valence-electron chi connectivity index (χ3n) is 3.32. The summed E-state index contributed by atoms with van der Waals surface area (Å²) in [6.45, 7) is 3.70. The molecule has 88 valence electrons. The lowest BCUT2D eigenvalue weighted by Gasteiger charge is -2.35. The maximum atomic E-state index is 12.2. The molecule has 0 radical (unpaired) electrons. The second kappa shape index (κ2) is 4.58. The van der Waals surface area contributed by atoms with Gasteiger partial charge in [0.2, 0.25) is 5.91 Å². The van der Waals surface area contributed by atoms with Crippen molar-refractivity contribution < 1.29 is 4.79 Å². The zero-order chi connectivity index (χ0) is 12.4. The van der Waals surface area contributed by atoms with E-state index < -0.39 is 5.92 Å². The number of carbonyl (C=O) groups is 1. The largest absolute Gasteiger partial charge is 0.308 e. The SMILES string of the molecule is CC(C#N)C(=O)N1c2ccccc2CCC1C. The zero-order valence-electron chi connectivity index (χ0n) is 10.2. The molecule has 2 atom stereocenters. The molecule has 0 fully saturated rings. The number of aryl methyl sites for hydroxylation is 1. The zero-order valence-corrected chi connectivity index (χ0v) is 10.2. The lowest BCUT2D eigenvalue weighted by molar-refractivity contribution is -0.120. The molecule has 0 spiro atoms. The van der Waals surface area contributed by atoms with Gasteiger partial charge in [0.1, 0.15) is 5.92 Å². The van der Waals surface area contributed by atoms with Gasteiger partial charge in [0.05, 0.1) is 6.07 Å². The Morgan fingerprint density at radius 2 is 2.24 bits per heavy atom. The number of hydrogen-bond donors (Lipinski definition) is 0. The molecule has 1 amide bonds. The van der Waals surface area contributed by atoms with E-state index in [1.54, 1.807) is 11.8 Å². The number of fused-ring (bicyclic) bond motifs is 1. The minimum absolute atomic E-state index is 0.0906. The quantitative estimate of drug-likeness (QED) is 0.741. The van der Waals surface area contributed by atoms with Crippen LogP contribution in [0.25, 0.3) is 0 Å². The number of nitriles is 1. The van der Waals surface area contributed by atoms with Crippen molar-refractivity contribution in [1.82, 2.24) is 0 Å². The summed E-state index contributed by atoms with van der Waals surface area (Å²) < 4.78 is 0. The van der Waals surface area contributed by atoms with Crippen molar-refractivity contribution in [3.63, 3.8) is 0 Å². The lowest BCUT2D eigenvalue weighted by Crippen LogP contribution is -2.44. The minimum atomic E-state index is -0.580. The van der Waals surface area contributed by atoms with E-state index in [4.69, 9.17) is 5.26 Å². The molecular weight excluding hydrogens is 212 g/mol. The van der Waals surface area contributed by atoms with Crippen molar-refractivity contribution in [2.75, 3.05) is 4.90 Å². The van der Waals surface area contributed by atoms with Gasteiger partial charge in [0.15, 0.2) is 0 Å². The van der Waals surface area contributed by atoms with Gasteiger partial charge < -0.3 is 4.90 Å². The van der Waals surface area contributed by atoms with E-state index in [0.717, 1.165) is 18.5 Å². The molecule has 3 nitrogen and oxygen atoms in total. The molecule has 1 aromatic rings. The number of hydrogen-bond acceptors (Lipinski definition) is 2. The third kappa shape index (κ3) is 2.03. The summed E-state index contributed by atoms with van der Waals surface area (Å²) in [5.41, 5.74) is 2.17. The second-order valence-corrected chi connectivity index (χ2v) is 4.58. The van der Waals surface area contributed by atoms with Gasteiger partial charge in [0, 0.05) is 11.7 Å². The van der Waals surface area contributed by atoms with Gasteiger partial charge in [-0.15, -0.1) is 0 Å². The Morgan fingerprint density at radius 3 is 2.94 bits per heavy atom. The summed E-state index contributed by atoms with van der Waals surface area (Å²) in [5.74, 6) is -0.671. The van der Waals surface area contributed by atoms with Crippen molar-refractivity contribution >= 4 is 11.6 Å². The molecule has 2 unspecified atom stereocenters. The monoisotopic (exact) mass is 228 g/mol. The molecule has 0 bridgehead atoms. The molecule has 1 aliphatic heterocycles. The van der Waals surface area contributed by atoms with E-state index in [0.29, 0.717) is 0 Å². The second-order valence-electron chi connectivity index (χ2n) is 4.58. The topological polar surface area (TPSA) is 44.1 Å². The molecule has 1 heterocycles. The van der Waals surface area contributed by atoms with Gasteiger partial charge in [-0.3, -0.25) is 4.79 Å². The Hall–Kier alpha value is -1.82. The first-order valence-corrected chi connectivity index (χ1v) is 5.95. The van der Waals surface area contributed by atoms with Crippen LogP contribution >= 0.6 is 0 Å². The van der Waals surface area contributed by atoms with Gasteiger partial charge in [-0.2, -0.15) is 5.26 Å². The Balaban J connectivity index is 2.40. The van der Waals surface area contributed by atoms with E-state index >= 15 is 0 Å². The Bertz CT molecular complexity index is 475. The van der Waals surface area contributed by atoms with Crippen LogP contribution in [0.15, 0.2) is 24.3 Å². The smallest absolute Gasteiger partial charge is 0.244 e. The fourth-order valence-electron chi connectivity index (χ4n) is 2.29. The number of amides is 1. The highest BCUT2D eigenvalue weighted by atomic mass is 16.2. The van der Waals surface area contributed by atoms with E-state index in [1.165, 1.54) is 5.56 Å². The maximum Gasteiger partial charge on any atom is 0.244 e. The Morgan fingerprint density at radius 1 is 1.53 bits per heavy atom. The molecule has 0 saturated carbocycles. The van der Waals surface area contributed by atoms with Crippen molar-refractivity contribution in [2.45, 2.75) is 32.7 Å². The standard InChI is InChI=1S/C14H16N2O/c1-10(9-15)14(17)16-11(2)7-8-12-5-3-4-6-13(12)16/h3-6,10-11H,7-8H2,1-2H3. The summed E-state index contributed by atoms with van der Waals surface area (Å²) in [5, 5.41) is 8.87. The van der Waals surface area contributed by atoms with Crippen LogP contribution in [0.4, 0.5) is 5.69 Å². The number of nitrogens with zero attached hydrogens (tertiary/aromatic N) is 2. The van der Waals surface area contributed by atoms with Crippen molar-refractivity contribution in [1.29, 1.82) is 5.26 Å². The number of carbonyl (C=O) groups excluding carboxylic acids is 1. The minimum Gasteiger partial charge on any atom is -0.308 e. The summed E-state index contributed by atoms with van der Waals surface area (Å²) in [4.78, 5) is 14.0. The lowest BCUT2D eigenvalue weighted by atomic mass is 9.95. The fourth-order valence-corrected chi connectivity index (χ4v) is 2.29. The molecule has 1 aromatic carbocycles. The average molecular weight is 228 g/mol. The van der Waals surface area contributed by atoms with Crippen molar-refractivity contribution in [3.8, 4) is 6.07 Å². The van der Waals surface area contributed by atoms with Crippen LogP contribution < -0.4 is 4.90 Å². The summed E-state index contributed by atoms with van der Waals surface area (Å²) in [6, 6.07) is 10.1. The highest BCUT2D eigenvalue weighted by Gasteiger charge is 2.30. The first kappa shape index (κ1) is 11.7. The van der Waals surface area contributed by atoms with Crippen LogP contribution in [0, 0.1) is 17.2 Å². The van der Waals surface area contributed by atoms with Gasteiger partial charge >= 0.3 is 0 Å². The van der Waals surface area contributed by atoms with Crippen molar-refractivity contribution in [2.24, 2.45) is 5.92 Å². The van der Waals surface area contributed by atoms with Crippen LogP contribution in [0.2, 0.25) is 0 Å². The molecule has 3 heteroatoms. The normalized spacial score (nSPS) is 20.3. The molecule has 17 heavy (non-hydrogen) atoms. The predicted octanol–water partition coefficient (Wildman–Crippen LogP) is 2.51. The fraction of sp³-hybridized carbons (Fsp3) is 0.429. The van der Waals surface area contributed by atoms with Crippen LogP contribution in [0.5, 0.6) is 0 Å². The highest BCUT2D eigenvalue weighted by molar-refractivity contribution is 5.97. The maximum absolute atomic E-state index is 12.2. The van der Waals surface area contributed by atoms with Crippen LogP contribution in [-0.4, -0.2) is 11.9 Å². The molecule has 0 saturated heterocycles. The van der Waals surface area contributed by atoms with E-state index in [2.05, 4.69) is 6.07 Å². The van der Waals surface area contributed by atoms with Gasteiger partial charge in [-0.05, 0) is 38.3 Å². The Labute approximate surface area is 102 Å². The van der Waals surface area contributed by atoms with Gasteiger partial charge in [-0.25, -0.2) is 0 Å². The number of benzene rings is 1. The predicted molar refractivity (Wildman–Crippen MR) is 66.5 cm³/mol. The molecule has 0 N–H and O–H groups in total. The summed E-state index contributed by atoms with van der Waals surface area (Å²) in [6.07, 6.45) is 1.96. The highest BCUT2D eigenvalue weighted by Crippen LogP contribution is 2.31.